The molecule has 1 amide bonds. The van der Waals surface area contributed by atoms with Gasteiger partial charge in [0.25, 0.3) is 0 Å². The average molecular weight is 348 g/mol. The topological polar surface area (TPSA) is 23.6 Å². The van der Waals surface area contributed by atoms with Gasteiger partial charge in [0.1, 0.15) is 0 Å². The summed E-state index contributed by atoms with van der Waals surface area (Å²) in [6, 6.07) is 18.8. The lowest BCUT2D eigenvalue weighted by atomic mass is 10.1. The number of piperazine rings is 1. The number of carbonyl (C=O) groups is 1. The van der Waals surface area contributed by atoms with Crippen molar-refractivity contribution >= 4 is 12.0 Å². The summed E-state index contributed by atoms with van der Waals surface area (Å²) in [6.45, 7) is 6.62. The molecule has 0 atom stereocenters. The zero-order valence-corrected chi connectivity index (χ0v) is 15.6. The molecular formula is C23H28N2O. The first-order chi connectivity index (χ1) is 12.7. The number of rotatable bonds is 6. The van der Waals surface area contributed by atoms with Crippen LogP contribution in [0, 0.1) is 6.92 Å². The predicted octanol–water partition coefficient (Wildman–Crippen LogP) is 3.79. The Bertz CT molecular complexity index is 714. The zero-order chi connectivity index (χ0) is 18.2. The lowest BCUT2D eigenvalue weighted by Gasteiger charge is -2.34. The second-order valence-corrected chi connectivity index (χ2v) is 6.98. The van der Waals surface area contributed by atoms with E-state index in [4.69, 9.17) is 0 Å². The SMILES string of the molecule is Cc1ccc(CCC(=O)N2CCN(C/C=C/c3ccccc3)CC2)cc1. The van der Waals surface area contributed by atoms with Crippen molar-refractivity contribution in [3.8, 4) is 0 Å². The molecule has 1 heterocycles. The Morgan fingerprint density at radius 2 is 1.65 bits per heavy atom. The maximum Gasteiger partial charge on any atom is 0.222 e. The third-order valence-electron chi connectivity index (χ3n) is 4.95. The van der Waals surface area contributed by atoms with Crippen LogP contribution in [0.3, 0.4) is 0 Å². The minimum Gasteiger partial charge on any atom is -0.340 e. The molecule has 1 saturated heterocycles. The molecule has 3 heteroatoms. The van der Waals surface area contributed by atoms with Gasteiger partial charge in [-0.3, -0.25) is 9.69 Å². The summed E-state index contributed by atoms with van der Waals surface area (Å²) in [5.74, 6) is 0.282. The van der Waals surface area contributed by atoms with Crippen LogP contribution in [-0.4, -0.2) is 48.4 Å². The summed E-state index contributed by atoms with van der Waals surface area (Å²) in [4.78, 5) is 16.9. The molecule has 0 N–H and O–H groups in total. The monoisotopic (exact) mass is 348 g/mol. The van der Waals surface area contributed by atoms with Gasteiger partial charge < -0.3 is 4.90 Å². The highest BCUT2D eigenvalue weighted by Crippen LogP contribution is 2.10. The summed E-state index contributed by atoms with van der Waals surface area (Å²) < 4.78 is 0. The van der Waals surface area contributed by atoms with Crippen molar-refractivity contribution in [3.63, 3.8) is 0 Å². The Hall–Kier alpha value is -2.39. The lowest BCUT2D eigenvalue weighted by molar-refractivity contribution is -0.132. The van der Waals surface area contributed by atoms with Gasteiger partial charge in [-0.05, 0) is 24.5 Å². The quantitative estimate of drug-likeness (QED) is 0.793. The predicted molar refractivity (Wildman–Crippen MR) is 108 cm³/mol. The molecule has 1 aliphatic heterocycles. The highest BCUT2D eigenvalue weighted by atomic mass is 16.2. The standard InChI is InChI=1S/C23H28N2O/c1-20-9-11-22(12-10-20)13-14-23(26)25-18-16-24(17-19-25)15-5-8-21-6-3-2-4-7-21/h2-12H,13-19H2,1H3/b8-5+. The summed E-state index contributed by atoms with van der Waals surface area (Å²) in [6.07, 6.45) is 5.82. The van der Waals surface area contributed by atoms with Gasteiger partial charge in [0.2, 0.25) is 5.91 Å². The van der Waals surface area contributed by atoms with Gasteiger partial charge in [-0.2, -0.15) is 0 Å². The van der Waals surface area contributed by atoms with E-state index in [0.717, 1.165) is 39.1 Å². The molecule has 1 aliphatic rings. The van der Waals surface area contributed by atoms with E-state index in [1.807, 2.05) is 11.0 Å². The molecule has 2 aromatic carbocycles. The van der Waals surface area contributed by atoms with Crippen molar-refractivity contribution in [2.75, 3.05) is 32.7 Å². The summed E-state index contributed by atoms with van der Waals surface area (Å²) in [5, 5.41) is 0. The van der Waals surface area contributed by atoms with Gasteiger partial charge in [0.05, 0.1) is 0 Å². The smallest absolute Gasteiger partial charge is 0.222 e. The fourth-order valence-corrected chi connectivity index (χ4v) is 3.25. The van der Waals surface area contributed by atoms with Crippen LogP contribution in [0.1, 0.15) is 23.1 Å². The van der Waals surface area contributed by atoms with Crippen LogP contribution in [0.2, 0.25) is 0 Å². The van der Waals surface area contributed by atoms with Crippen molar-refractivity contribution in [2.45, 2.75) is 19.8 Å². The van der Waals surface area contributed by atoms with Crippen molar-refractivity contribution in [1.29, 1.82) is 0 Å². The summed E-state index contributed by atoms with van der Waals surface area (Å²) in [5.41, 5.74) is 3.74. The minimum atomic E-state index is 0.282. The van der Waals surface area contributed by atoms with E-state index < -0.39 is 0 Å². The third kappa shape index (κ3) is 5.57. The molecule has 2 aromatic rings. The maximum atomic E-state index is 12.4. The van der Waals surface area contributed by atoms with Crippen molar-refractivity contribution < 1.29 is 4.79 Å². The molecule has 0 radical (unpaired) electrons. The van der Waals surface area contributed by atoms with Crippen LogP contribution >= 0.6 is 0 Å². The first kappa shape index (κ1) is 18.4. The van der Waals surface area contributed by atoms with E-state index >= 15 is 0 Å². The van der Waals surface area contributed by atoms with E-state index in [0.29, 0.717) is 6.42 Å². The molecule has 0 bridgehead atoms. The van der Waals surface area contributed by atoms with Crippen LogP contribution in [0.25, 0.3) is 6.08 Å². The van der Waals surface area contributed by atoms with Crippen molar-refractivity contribution in [1.82, 2.24) is 9.80 Å². The Labute approximate surface area is 156 Å². The Balaban J connectivity index is 1.38. The normalized spacial score (nSPS) is 15.5. The van der Waals surface area contributed by atoms with Crippen molar-refractivity contribution in [3.05, 3.63) is 77.4 Å². The molecule has 0 aromatic heterocycles. The average Bonchev–Trinajstić information content (AvgIpc) is 2.69. The largest absolute Gasteiger partial charge is 0.340 e. The third-order valence-corrected chi connectivity index (χ3v) is 4.95. The number of hydrogen-bond acceptors (Lipinski definition) is 2. The van der Waals surface area contributed by atoms with Crippen LogP contribution in [0.4, 0.5) is 0 Å². The van der Waals surface area contributed by atoms with Gasteiger partial charge >= 0.3 is 0 Å². The number of hydrogen-bond donors (Lipinski definition) is 0. The molecule has 0 aliphatic carbocycles. The molecule has 0 spiro atoms. The fourth-order valence-electron chi connectivity index (χ4n) is 3.25. The van der Waals surface area contributed by atoms with Crippen LogP contribution < -0.4 is 0 Å². The molecule has 0 saturated carbocycles. The van der Waals surface area contributed by atoms with Gasteiger partial charge in [-0.25, -0.2) is 0 Å². The zero-order valence-electron chi connectivity index (χ0n) is 15.6. The maximum absolute atomic E-state index is 12.4. The Morgan fingerprint density at radius 1 is 0.962 bits per heavy atom. The second kappa shape index (κ2) is 9.35. The minimum absolute atomic E-state index is 0.282. The Morgan fingerprint density at radius 3 is 2.35 bits per heavy atom. The Kier molecular flexibility index (Phi) is 6.62. The number of amides is 1. The molecule has 3 rings (SSSR count). The number of carbonyl (C=O) groups excluding carboxylic acids is 1. The van der Waals surface area contributed by atoms with E-state index in [-0.39, 0.29) is 5.91 Å². The lowest BCUT2D eigenvalue weighted by Crippen LogP contribution is -2.48. The van der Waals surface area contributed by atoms with E-state index in [2.05, 4.69) is 72.5 Å². The van der Waals surface area contributed by atoms with Gasteiger partial charge in [-0.1, -0.05) is 72.3 Å². The van der Waals surface area contributed by atoms with Crippen molar-refractivity contribution in [2.24, 2.45) is 0 Å². The van der Waals surface area contributed by atoms with Gasteiger partial charge in [-0.15, -0.1) is 0 Å². The molecule has 0 unspecified atom stereocenters. The van der Waals surface area contributed by atoms with E-state index in [1.54, 1.807) is 0 Å². The van der Waals surface area contributed by atoms with Gasteiger partial charge in [0, 0.05) is 39.1 Å². The van der Waals surface area contributed by atoms with Crippen LogP contribution in [0.15, 0.2) is 60.7 Å². The summed E-state index contributed by atoms with van der Waals surface area (Å²) >= 11 is 0. The van der Waals surface area contributed by atoms with Crippen LogP contribution in [-0.2, 0) is 11.2 Å². The first-order valence-corrected chi connectivity index (χ1v) is 9.48. The second-order valence-electron chi connectivity index (χ2n) is 6.98. The van der Waals surface area contributed by atoms with E-state index in [1.165, 1.54) is 16.7 Å². The molecular weight excluding hydrogens is 320 g/mol. The molecule has 136 valence electrons. The highest BCUT2D eigenvalue weighted by Gasteiger charge is 2.19. The van der Waals surface area contributed by atoms with Crippen LogP contribution in [0.5, 0.6) is 0 Å². The van der Waals surface area contributed by atoms with E-state index in [9.17, 15) is 4.79 Å². The fraction of sp³-hybridized carbons (Fsp3) is 0.348. The molecule has 3 nitrogen and oxygen atoms in total. The molecule has 1 fully saturated rings. The summed E-state index contributed by atoms with van der Waals surface area (Å²) in [7, 11) is 0. The number of nitrogens with zero attached hydrogens (tertiary/aromatic N) is 2. The number of benzene rings is 2. The number of aryl methyl sites for hydroxylation is 2. The molecule has 26 heavy (non-hydrogen) atoms. The highest BCUT2D eigenvalue weighted by molar-refractivity contribution is 5.76. The first-order valence-electron chi connectivity index (χ1n) is 9.48. The van der Waals surface area contributed by atoms with Gasteiger partial charge in [0.15, 0.2) is 0 Å².